The van der Waals surface area contributed by atoms with Crippen molar-refractivity contribution < 1.29 is 9.31 Å². The Balaban J connectivity index is 3.12. The zero-order chi connectivity index (χ0) is 10.7. The lowest BCUT2D eigenvalue weighted by atomic mass is 10.1. The van der Waals surface area contributed by atoms with Crippen LogP contribution in [0.1, 0.15) is 11.6 Å². The van der Waals surface area contributed by atoms with Crippen molar-refractivity contribution in [2.75, 3.05) is 6.54 Å². The van der Waals surface area contributed by atoms with Gasteiger partial charge in [-0.2, -0.15) is 4.39 Å². The van der Waals surface area contributed by atoms with Gasteiger partial charge in [-0.15, -0.1) is 0 Å². The average molecular weight is 199 g/mol. The average Bonchev–Trinajstić information content (AvgIpc) is 2.17. The molecule has 0 spiro atoms. The Kier molecular flexibility index (Phi) is 3.10. The monoisotopic (exact) mass is 199 g/mol. The fourth-order valence-electron chi connectivity index (χ4n) is 1.04. The lowest BCUT2D eigenvalue weighted by molar-refractivity contribution is -0.387. The van der Waals surface area contributed by atoms with Crippen molar-refractivity contribution in [1.29, 1.82) is 0 Å². The third kappa shape index (κ3) is 2.04. The summed E-state index contributed by atoms with van der Waals surface area (Å²) in [6.45, 7) is 0.156. The molecule has 6 heteroatoms. The van der Waals surface area contributed by atoms with Crippen LogP contribution in [0.2, 0.25) is 0 Å². The molecule has 0 saturated heterocycles. The number of nitro groups is 1. The minimum absolute atomic E-state index is 0.156. The van der Waals surface area contributed by atoms with E-state index in [0.29, 0.717) is 5.56 Å². The smallest absolute Gasteiger partial charge is 0.305 e. The van der Waals surface area contributed by atoms with E-state index in [1.165, 1.54) is 6.07 Å². The van der Waals surface area contributed by atoms with E-state index >= 15 is 0 Å². The third-order valence-corrected chi connectivity index (χ3v) is 1.85. The second kappa shape index (κ2) is 4.12. The number of rotatable bonds is 3. The number of nitrogens with two attached hydrogens (primary N) is 2. The molecule has 0 fully saturated rings. The van der Waals surface area contributed by atoms with E-state index in [1.54, 1.807) is 0 Å². The molecule has 4 N–H and O–H groups in total. The van der Waals surface area contributed by atoms with E-state index < -0.39 is 22.5 Å². The number of halogens is 1. The molecule has 1 atom stereocenters. The van der Waals surface area contributed by atoms with Gasteiger partial charge < -0.3 is 11.5 Å². The zero-order valence-corrected chi connectivity index (χ0v) is 7.31. The second-order valence-corrected chi connectivity index (χ2v) is 2.81. The predicted molar refractivity (Wildman–Crippen MR) is 49.0 cm³/mol. The molecule has 0 radical (unpaired) electrons. The Morgan fingerprint density at radius 3 is 2.71 bits per heavy atom. The van der Waals surface area contributed by atoms with Crippen LogP contribution in [-0.4, -0.2) is 11.5 Å². The number of nitro benzene ring substituents is 1. The van der Waals surface area contributed by atoms with Crippen molar-refractivity contribution in [3.8, 4) is 0 Å². The highest BCUT2D eigenvalue weighted by molar-refractivity contribution is 5.37. The van der Waals surface area contributed by atoms with Crippen LogP contribution in [0.4, 0.5) is 10.1 Å². The Bertz CT molecular complexity index is 356. The Hall–Kier alpha value is -1.53. The quantitative estimate of drug-likeness (QED) is 0.553. The highest BCUT2D eigenvalue weighted by Crippen LogP contribution is 2.21. The number of hydrogen-bond acceptors (Lipinski definition) is 4. The standard InChI is InChI=1S/C8H10FN3O2/c9-6-2-1-5(7(11)4-10)3-8(6)12(13)14/h1-3,7H,4,10-11H2/t7-/m1/s1. The summed E-state index contributed by atoms with van der Waals surface area (Å²) in [6.07, 6.45) is 0. The van der Waals surface area contributed by atoms with Gasteiger partial charge >= 0.3 is 5.69 Å². The van der Waals surface area contributed by atoms with Gasteiger partial charge in [0.05, 0.1) is 4.92 Å². The normalized spacial score (nSPS) is 12.5. The van der Waals surface area contributed by atoms with Crippen LogP contribution in [-0.2, 0) is 0 Å². The van der Waals surface area contributed by atoms with Gasteiger partial charge in [0.25, 0.3) is 0 Å². The largest absolute Gasteiger partial charge is 0.329 e. The second-order valence-electron chi connectivity index (χ2n) is 2.81. The Labute approximate surface area is 79.7 Å². The van der Waals surface area contributed by atoms with E-state index in [2.05, 4.69) is 0 Å². The predicted octanol–water partition coefficient (Wildman–Crippen LogP) is 0.692. The fourth-order valence-corrected chi connectivity index (χ4v) is 1.04. The summed E-state index contributed by atoms with van der Waals surface area (Å²) in [4.78, 5) is 9.59. The molecule has 0 heterocycles. The first-order chi connectivity index (χ1) is 6.56. The molecule has 0 aliphatic heterocycles. The molecular weight excluding hydrogens is 189 g/mol. The van der Waals surface area contributed by atoms with Gasteiger partial charge in [-0.1, -0.05) is 6.07 Å². The third-order valence-electron chi connectivity index (χ3n) is 1.85. The van der Waals surface area contributed by atoms with Crippen molar-refractivity contribution >= 4 is 5.69 Å². The maximum absolute atomic E-state index is 12.9. The first kappa shape index (κ1) is 10.6. The van der Waals surface area contributed by atoms with Gasteiger partial charge in [0.15, 0.2) is 0 Å². The summed E-state index contributed by atoms with van der Waals surface area (Å²) in [5.41, 5.74) is 10.7. The first-order valence-corrected chi connectivity index (χ1v) is 3.95. The maximum Gasteiger partial charge on any atom is 0.305 e. The van der Waals surface area contributed by atoms with Crippen LogP contribution in [0, 0.1) is 15.9 Å². The van der Waals surface area contributed by atoms with Gasteiger partial charge in [0.2, 0.25) is 5.82 Å². The van der Waals surface area contributed by atoms with Gasteiger partial charge in [-0.05, 0) is 11.6 Å². The molecule has 14 heavy (non-hydrogen) atoms. The SMILES string of the molecule is NC[C@@H](N)c1ccc(F)c([N+](=O)[O-])c1. The molecule has 0 aromatic heterocycles. The van der Waals surface area contributed by atoms with Crippen molar-refractivity contribution in [1.82, 2.24) is 0 Å². The molecule has 0 unspecified atom stereocenters. The minimum Gasteiger partial charge on any atom is -0.329 e. The molecule has 5 nitrogen and oxygen atoms in total. The maximum atomic E-state index is 12.9. The van der Waals surface area contributed by atoms with E-state index in [-0.39, 0.29) is 6.54 Å². The lowest BCUT2D eigenvalue weighted by Gasteiger charge is -2.08. The lowest BCUT2D eigenvalue weighted by Crippen LogP contribution is -2.20. The molecule has 0 bridgehead atoms. The van der Waals surface area contributed by atoms with Crippen molar-refractivity contribution in [3.63, 3.8) is 0 Å². The van der Waals surface area contributed by atoms with Crippen LogP contribution < -0.4 is 11.5 Å². The summed E-state index contributed by atoms with van der Waals surface area (Å²) in [5, 5.41) is 10.4. The molecule has 0 aliphatic rings. The molecule has 0 amide bonds. The van der Waals surface area contributed by atoms with E-state index in [4.69, 9.17) is 11.5 Å². The van der Waals surface area contributed by atoms with Crippen molar-refractivity contribution in [2.24, 2.45) is 11.5 Å². The topological polar surface area (TPSA) is 95.2 Å². The van der Waals surface area contributed by atoms with Crippen LogP contribution in [0.25, 0.3) is 0 Å². The summed E-state index contributed by atoms with van der Waals surface area (Å²) < 4.78 is 12.9. The van der Waals surface area contributed by atoms with Gasteiger partial charge in [-0.3, -0.25) is 10.1 Å². The van der Waals surface area contributed by atoms with Gasteiger partial charge in [0, 0.05) is 18.7 Å². The molecule has 0 saturated carbocycles. The van der Waals surface area contributed by atoms with Crippen LogP contribution >= 0.6 is 0 Å². The van der Waals surface area contributed by atoms with Crippen molar-refractivity contribution in [3.05, 3.63) is 39.7 Å². The molecule has 1 aromatic carbocycles. The summed E-state index contributed by atoms with van der Waals surface area (Å²) in [5.74, 6) is -0.872. The first-order valence-electron chi connectivity index (χ1n) is 3.95. The Morgan fingerprint density at radius 1 is 1.57 bits per heavy atom. The molecule has 1 aromatic rings. The molecule has 0 aliphatic carbocycles. The van der Waals surface area contributed by atoms with Crippen LogP contribution in [0.5, 0.6) is 0 Å². The summed E-state index contributed by atoms with van der Waals surface area (Å²) >= 11 is 0. The zero-order valence-electron chi connectivity index (χ0n) is 7.31. The van der Waals surface area contributed by atoms with Gasteiger partial charge in [-0.25, -0.2) is 0 Å². The van der Waals surface area contributed by atoms with Crippen molar-refractivity contribution in [2.45, 2.75) is 6.04 Å². The van der Waals surface area contributed by atoms with Gasteiger partial charge in [0.1, 0.15) is 0 Å². The number of hydrogen-bond donors (Lipinski definition) is 2. The highest BCUT2D eigenvalue weighted by atomic mass is 19.1. The summed E-state index contributed by atoms with van der Waals surface area (Å²) in [7, 11) is 0. The summed E-state index contributed by atoms with van der Waals surface area (Å²) in [6, 6.07) is 3.00. The van der Waals surface area contributed by atoms with E-state index in [0.717, 1.165) is 12.1 Å². The molecule has 1 rings (SSSR count). The molecular formula is C8H10FN3O2. The van der Waals surface area contributed by atoms with E-state index in [9.17, 15) is 14.5 Å². The van der Waals surface area contributed by atoms with Crippen LogP contribution in [0.3, 0.4) is 0 Å². The number of benzene rings is 1. The van der Waals surface area contributed by atoms with Crippen LogP contribution in [0.15, 0.2) is 18.2 Å². The van der Waals surface area contributed by atoms with E-state index in [1.807, 2.05) is 0 Å². The fraction of sp³-hybridized carbons (Fsp3) is 0.250. The highest BCUT2D eigenvalue weighted by Gasteiger charge is 2.16. The Morgan fingerprint density at radius 2 is 2.21 bits per heavy atom. The molecule has 76 valence electrons. The minimum atomic E-state index is -0.872. The number of nitrogens with zero attached hydrogens (tertiary/aromatic N) is 1.